The van der Waals surface area contributed by atoms with E-state index in [1.165, 1.54) is 0 Å². The van der Waals surface area contributed by atoms with E-state index in [2.05, 4.69) is 6.58 Å². The Kier molecular flexibility index (Phi) is 3.32. The summed E-state index contributed by atoms with van der Waals surface area (Å²) >= 11 is 0. The van der Waals surface area contributed by atoms with E-state index in [0.717, 1.165) is 11.1 Å². The quantitative estimate of drug-likeness (QED) is 0.771. The Bertz CT molecular complexity index is 482. The summed E-state index contributed by atoms with van der Waals surface area (Å²) in [6.07, 6.45) is 0. The molecule has 3 heteroatoms. The van der Waals surface area contributed by atoms with Crippen LogP contribution in [0.4, 0.5) is 0 Å². The molecule has 3 N–H and O–H groups in total. The highest BCUT2D eigenvalue weighted by Crippen LogP contribution is 2.35. The first-order valence-corrected chi connectivity index (χ1v) is 5.47. The molecule has 0 aliphatic heterocycles. The summed E-state index contributed by atoms with van der Waals surface area (Å²) in [5.74, 6) is -0.284. The van der Waals surface area contributed by atoms with Gasteiger partial charge in [-0.15, -0.1) is 0 Å². The lowest BCUT2D eigenvalue weighted by molar-refractivity contribution is -0.112. The molecule has 0 atom stereocenters. The fourth-order valence-electron chi connectivity index (χ4n) is 1.67. The Balaban J connectivity index is 3.44. The van der Waals surface area contributed by atoms with Crippen molar-refractivity contribution in [3.8, 4) is 5.75 Å². The fraction of sp³-hybridized carbons (Fsp3) is 0.357. The van der Waals surface area contributed by atoms with Crippen LogP contribution in [0.1, 0.15) is 37.5 Å². The summed E-state index contributed by atoms with van der Waals surface area (Å²) in [6, 6.07) is 3.49. The maximum Gasteiger partial charge on any atom is 0.248 e. The van der Waals surface area contributed by atoms with Crippen LogP contribution in [-0.2, 0) is 10.2 Å². The minimum Gasteiger partial charge on any atom is -0.507 e. The number of rotatable bonds is 2. The Morgan fingerprint density at radius 3 is 2.29 bits per heavy atom. The standard InChI is InChI=1S/C14H19NO2/c1-8-6-10(9(2)13(15)17)7-11(12(8)16)14(3,4)5/h6-7,16H,2H2,1,3-5H3,(H2,15,17). The van der Waals surface area contributed by atoms with Crippen molar-refractivity contribution in [2.75, 3.05) is 0 Å². The zero-order valence-corrected chi connectivity index (χ0v) is 10.8. The van der Waals surface area contributed by atoms with Crippen molar-refractivity contribution in [2.45, 2.75) is 33.1 Å². The van der Waals surface area contributed by atoms with Crippen molar-refractivity contribution < 1.29 is 9.90 Å². The Labute approximate surface area is 102 Å². The average Bonchev–Trinajstić information content (AvgIpc) is 2.18. The van der Waals surface area contributed by atoms with Crippen LogP contribution in [0.25, 0.3) is 5.57 Å². The van der Waals surface area contributed by atoms with E-state index in [-0.39, 0.29) is 16.7 Å². The second kappa shape index (κ2) is 4.24. The number of primary amides is 1. The maximum absolute atomic E-state index is 11.1. The zero-order valence-electron chi connectivity index (χ0n) is 10.8. The molecule has 1 amide bonds. The van der Waals surface area contributed by atoms with E-state index >= 15 is 0 Å². The van der Waals surface area contributed by atoms with Gasteiger partial charge in [0.25, 0.3) is 0 Å². The predicted molar refractivity (Wildman–Crippen MR) is 69.8 cm³/mol. The zero-order chi connectivity index (χ0) is 13.4. The van der Waals surface area contributed by atoms with Crippen LogP contribution in [0, 0.1) is 6.92 Å². The molecule has 0 radical (unpaired) electrons. The van der Waals surface area contributed by atoms with Crippen LogP contribution in [0.5, 0.6) is 5.75 Å². The third kappa shape index (κ3) is 2.67. The molecule has 0 fully saturated rings. The van der Waals surface area contributed by atoms with Gasteiger partial charge in [-0.3, -0.25) is 4.79 Å². The maximum atomic E-state index is 11.1. The summed E-state index contributed by atoms with van der Waals surface area (Å²) < 4.78 is 0. The first-order chi connectivity index (χ1) is 7.64. The van der Waals surface area contributed by atoms with Crippen LogP contribution >= 0.6 is 0 Å². The number of benzene rings is 1. The van der Waals surface area contributed by atoms with Gasteiger partial charge in [0.15, 0.2) is 0 Å². The average molecular weight is 233 g/mol. The molecular formula is C14H19NO2. The number of hydrogen-bond acceptors (Lipinski definition) is 2. The number of aromatic hydroxyl groups is 1. The van der Waals surface area contributed by atoms with Gasteiger partial charge in [0.05, 0.1) is 0 Å². The molecule has 0 bridgehead atoms. The van der Waals surface area contributed by atoms with E-state index in [9.17, 15) is 9.90 Å². The number of carbonyl (C=O) groups is 1. The van der Waals surface area contributed by atoms with Gasteiger partial charge in [-0.1, -0.05) is 27.4 Å². The molecule has 1 aromatic rings. The second-order valence-electron chi connectivity index (χ2n) is 5.28. The Morgan fingerprint density at radius 2 is 1.88 bits per heavy atom. The van der Waals surface area contributed by atoms with Gasteiger partial charge < -0.3 is 10.8 Å². The molecule has 3 nitrogen and oxygen atoms in total. The summed E-state index contributed by atoms with van der Waals surface area (Å²) in [5, 5.41) is 10.0. The number of nitrogens with two attached hydrogens (primary N) is 1. The van der Waals surface area contributed by atoms with Gasteiger partial charge in [-0.2, -0.15) is 0 Å². The van der Waals surface area contributed by atoms with Gasteiger partial charge in [0.2, 0.25) is 5.91 Å². The number of carbonyl (C=O) groups excluding carboxylic acids is 1. The monoisotopic (exact) mass is 233 g/mol. The molecule has 0 aromatic heterocycles. The van der Waals surface area contributed by atoms with Gasteiger partial charge >= 0.3 is 0 Å². The molecule has 0 aliphatic carbocycles. The Morgan fingerprint density at radius 1 is 1.35 bits per heavy atom. The third-order valence-electron chi connectivity index (χ3n) is 2.75. The summed E-state index contributed by atoms with van der Waals surface area (Å²) in [5.41, 5.74) is 7.44. The van der Waals surface area contributed by atoms with Crippen molar-refractivity contribution in [3.63, 3.8) is 0 Å². The SMILES string of the molecule is C=C(C(N)=O)c1cc(C)c(O)c(C(C)(C)C)c1. The smallest absolute Gasteiger partial charge is 0.248 e. The predicted octanol–water partition coefficient (Wildman–Crippen LogP) is 2.50. The van der Waals surface area contributed by atoms with Crippen molar-refractivity contribution in [1.29, 1.82) is 0 Å². The lowest BCUT2D eigenvalue weighted by atomic mass is 9.83. The normalized spacial score (nSPS) is 11.3. The molecule has 0 saturated heterocycles. The van der Waals surface area contributed by atoms with Crippen molar-refractivity contribution in [2.24, 2.45) is 5.73 Å². The van der Waals surface area contributed by atoms with Gasteiger partial charge in [0.1, 0.15) is 5.75 Å². The molecule has 0 saturated carbocycles. The summed E-state index contributed by atoms with van der Waals surface area (Å²) in [4.78, 5) is 11.1. The number of phenolic OH excluding ortho intramolecular Hbond substituents is 1. The topological polar surface area (TPSA) is 63.3 Å². The molecule has 0 spiro atoms. The van der Waals surface area contributed by atoms with E-state index in [1.807, 2.05) is 20.8 Å². The van der Waals surface area contributed by atoms with Crippen LogP contribution in [-0.4, -0.2) is 11.0 Å². The van der Waals surface area contributed by atoms with E-state index in [0.29, 0.717) is 5.56 Å². The number of amides is 1. The van der Waals surface area contributed by atoms with Crippen molar-refractivity contribution in [1.82, 2.24) is 0 Å². The van der Waals surface area contributed by atoms with Gasteiger partial charge in [-0.05, 0) is 35.6 Å². The molecule has 0 aliphatic rings. The molecule has 1 rings (SSSR count). The van der Waals surface area contributed by atoms with E-state index in [4.69, 9.17) is 5.73 Å². The highest BCUT2D eigenvalue weighted by molar-refractivity contribution is 6.18. The third-order valence-corrected chi connectivity index (χ3v) is 2.75. The minimum atomic E-state index is -0.546. The highest BCUT2D eigenvalue weighted by Gasteiger charge is 2.21. The van der Waals surface area contributed by atoms with E-state index in [1.54, 1.807) is 19.1 Å². The molecule has 1 aromatic carbocycles. The Hall–Kier alpha value is -1.77. The second-order valence-corrected chi connectivity index (χ2v) is 5.28. The molecule has 17 heavy (non-hydrogen) atoms. The number of hydrogen-bond donors (Lipinski definition) is 2. The molecular weight excluding hydrogens is 214 g/mol. The lowest BCUT2D eigenvalue weighted by Crippen LogP contribution is -2.15. The van der Waals surface area contributed by atoms with Crippen LogP contribution in [0.15, 0.2) is 18.7 Å². The van der Waals surface area contributed by atoms with Crippen LogP contribution in [0.3, 0.4) is 0 Å². The number of aryl methyl sites for hydroxylation is 1. The molecule has 92 valence electrons. The van der Waals surface area contributed by atoms with Crippen LogP contribution < -0.4 is 5.73 Å². The lowest BCUT2D eigenvalue weighted by Gasteiger charge is -2.22. The van der Waals surface area contributed by atoms with Gasteiger partial charge in [0, 0.05) is 11.1 Å². The van der Waals surface area contributed by atoms with Crippen molar-refractivity contribution in [3.05, 3.63) is 35.4 Å². The van der Waals surface area contributed by atoms with Crippen LogP contribution in [0.2, 0.25) is 0 Å². The van der Waals surface area contributed by atoms with Gasteiger partial charge in [-0.25, -0.2) is 0 Å². The first-order valence-electron chi connectivity index (χ1n) is 5.47. The number of phenols is 1. The largest absolute Gasteiger partial charge is 0.507 e. The molecule has 0 unspecified atom stereocenters. The highest BCUT2D eigenvalue weighted by atomic mass is 16.3. The summed E-state index contributed by atoms with van der Waals surface area (Å²) in [6.45, 7) is 11.5. The fourth-order valence-corrected chi connectivity index (χ4v) is 1.67. The first kappa shape index (κ1) is 13.3. The minimum absolute atomic E-state index is 0.206. The van der Waals surface area contributed by atoms with Crippen molar-refractivity contribution >= 4 is 11.5 Å². The van der Waals surface area contributed by atoms with E-state index < -0.39 is 5.91 Å². The summed E-state index contributed by atoms with van der Waals surface area (Å²) in [7, 11) is 0. The molecule has 0 heterocycles.